The quantitative estimate of drug-likeness (QED) is 0.353. The SMILES string of the molecule is CC(OC(=O)c1csc2c1CCCC2)c1nnc(-c2ccc([N+](=O)[O-])cc2)o1. The van der Waals surface area contributed by atoms with E-state index in [9.17, 15) is 14.9 Å². The number of nitro benzene ring substituents is 1. The van der Waals surface area contributed by atoms with Gasteiger partial charge in [-0.05, 0) is 50.3 Å². The first-order chi connectivity index (χ1) is 13.5. The summed E-state index contributed by atoms with van der Waals surface area (Å²) in [6, 6.07) is 5.79. The normalized spacial score (nSPS) is 14.3. The Labute approximate surface area is 164 Å². The number of thiophene rings is 1. The number of esters is 1. The van der Waals surface area contributed by atoms with Gasteiger partial charge in [0.25, 0.3) is 11.6 Å². The summed E-state index contributed by atoms with van der Waals surface area (Å²) >= 11 is 1.61. The molecule has 9 heteroatoms. The molecule has 28 heavy (non-hydrogen) atoms. The molecule has 0 amide bonds. The van der Waals surface area contributed by atoms with Gasteiger partial charge in [0.05, 0.1) is 10.5 Å². The van der Waals surface area contributed by atoms with Crippen molar-refractivity contribution in [3.63, 3.8) is 0 Å². The van der Waals surface area contributed by atoms with Crippen LogP contribution in [0.5, 0.6) is 0 Å². The summed E-state index contributed by atoms with van der Waals surface area (Å²) in [7, 11) is 0. The minimum Gasteiger partial charge on any atom is -0.449 e. The fourth-order valence-electron chi connectivity index (χ4n) is 3.18. The summed E-state index contributed by atoms with van der Waals surface area (Å²) < 4.78 is 11.1. The Kier molecular flexibility index (Phi) is 4.91. The molecule has 8 nitrogen and oxygen atoms in total. The van der Waals surface area contributed by atoms with Crippen LogP contribution in [0.15, 0.2) is 34.1 Å². The van der Waals surface area contributed by atoms with Crippen molar-refractivity contribution < 1.29 is 18.9 Å². The Balaban J connectivity index is 1.47. The van der Waals surface area contributed by atoms with E-state index in [1.54, 1.807) is 18.3 Å². The zero-order chi connectivity index (χ0) is 19.7. The highest BCUT2D eigenvalue weighted by Gasteiger charge is 2.25. The third kappa shape index (κ3) is 3.53. The molecule has 3 aromatic rings. The molecule has 0 saturated heterocycles. The molecule has 1 aromatic carbocycles. The summed E-state index contributed by atoms with van der Waals surface area (Å²) in [6.07, 6.45) is 3.47. The molecule has 0 bridgehead atoms. The molecule has 2 heterocycles. The van der Waals surface area contributed by atoms with Crippen LogP contribution in [-0.2, 0) is 17.6 Å². The zero-order valence-electron chi connectivity index (χ0n) is 15.1. The van der Waals surface area contributed by atoms with E-state index in [1.165, 1.54) is 29.1 Å². The monoisotopic (exact) mass is 399 g/mol. The van der Waals surface area contributed by atoms with Crippen LogP contribution in [0.1, 0.15) is 52.6 Å². The van der Waals surface area contributed by atoms with Gasteiger partial charge < -0.3 is 9.15 Å². The van der Waals surface area contributed by atoms with Gasteiger partial charge in [-0.15, -0.1) is 21.5 Å². The fraction of sp³-hybridized carbons (Fsp3) is 0.316. The minimum absolute atomic E-state index is 0.0233. The van der Waals surface area contributed by atoms with E-state index in [2.05, 4.69) is 10.2 Å². The molecule has 0 aliphatic heterocycles. The number of fused-ring (bicyclic) bond motifs is 1. The highest BCUT2D eigenvalue weighted by Crippen LogP contribution is 2.32. The van der Waals surface area contributed by atoms with Gasteiger partial charge in [0.1, 0.15) is 0 Å². The number of carbonyl (C=O) groups is 1. The maximum Gasteiger partial charge on any atom is 0.340 e. The number of aromatic nitrogens is 2. The lowest BCUT2D eigenvalue weighted by molar-refractivity contribution is -0.384. The molecule has 2 aromatic heterocycles. The molecule has 0 spiro atoms. The van der Waals surface area contributed by atoms with Crippen molar-refractivity contribution in [1.29, 1.82) is 0 Å². The van der Waals surface area contributed by atoms with Crippen LogP contribution < -0.4 is 0 Å². The number of ether oxygens (including phenoxy) is 1. The van der Waals surface area contributed by atoms with Gasteiger partial charge in [-0.1, -0.05) is 0 Å². The Morgan fingerprint density at radius 1 is 1.25 bits per heavy atom. The van der Waals surface area contributed by atoms with Crippen LogP contribution in [0.2, 0.25) is 0 Å². The number of hydrogen-bond donors (Lipinski definition) is 0. The number of rotatable bonds is 5. The van der Waals surface area contributed by atoms with Crippen LogP contribution in [0, 0.1) is 10.1 Å². The van der Waals surface area contributed by atoms with Gasteiger partial charge in [0, 0.05) is 28.0 Å². The maximum atomic E-state index is 12.6. The van der Waals surface area contributed by atoms with E-state index in [0.29, 0.717) is 11.1 Å². The fourth-order valence-corrected chi connectivity index (χ4v) is 4.30. The molecule has 0 saturated carbocycles. The van der Waals surface area contributed by atoms with E-state index in [-0.39, 0.29) is 23.4 Å². The molecule has 1 aliphatic carbocycles. The van der Waals surface area contributed by atoms with Crippen LogP contribution >= 0.6 is 11.3 Å². The predicted octanol–water partition coefficient (Wildman–Crippen LogP) is 4.50. The van der Waals surface area contributed by atoms with Crippen molar-refractivity contribution in [3.05, 3.63) is 61.7 Å². The molecule has 0 radical (unpaired) electrons. The van der Waals surface area contributed by atoms with Crippen molar-refractivity contribution >= 4 is 23.0 Å². The molecule has 4 rings (SSSR count). The first-order valence-corrected chi connectivity index (χ1v) is 9.79. The number of nitrogens with zero attached hydrogens (tertiary/aromatic N) is 3. The topological polar surface area (TPSA) is 108 Å². The number of aryl methyl sites for hydroxylation is 1. The number of non-ortho nitro benzene ring substituents is 1. The van der Waals surface area contributed by atoms with E-state index >= 15 is 0 Å². The highest BCUT2D eigenvalue weighted by atomic mass is 32.1. The number of carbonyl (C=O) groups excluding carboxylic acids is 1. The number of nitro groups is 1. The summed E-state index contributed by atoms with van der Waals surface area (Å²) in [5, 5.41) is 20.5. The Hall–Kier alpha value is -3.07. The molecular formula is C19H17N3O5S. The van der Waals surface area contributed by atoms with E-state index < -0.39 is 11.0 Å². The van der Waals surface area contributed by atoms with Gasteiger partial charge in [0.15, 0.2) is 6.10 Å². The summed E-state index contributed by atoms with van der Waals surface area (Å²) in [5.74, 6) is -0.00602. The third-order valence-corrected chi connectivity index (χ3v) is 5.77. The third-order valence-electron chi connectivity index (χ3n) is 4.68. The first-order valence-electron chi connectivity index (χ1n) is 8.91. The molecule has 1 aliphatic rings. The lowest BCUT2D eigenvalue weighted by Crippen LogP contribution is -2.12. The predicted molar refractivity (Wildman–Crippen MR) is 101 cm³/mol. The molecular weight excluding hydrogens is 382 g/mol. The second kappa shape index (κ2) is 7.51. The maximum absolute atomic E-state index is 12.6. The molecule has 144 valence electrons. The lowest BCUT2D eigenvalue weighted by atomic mass is 9.96. The van der Waals surface area contributed by atoms with Crippen LogP contribution in [0.4, 0.5) is 5.69 Å². The lowest BCUT2D eigenvalue weighted by Gasteiger charge is -2.13. The van der Waals surface area contributed by atoms with Crippen molar-refractivity contribution in [3.8, 4) is 11.5 Å². The summed E-state index contributed by atoms with van der Waals surface area (Å²) in [4.78, 5) is 24.1. The van der Waals surface area contributed by atoms with Gasteiger partial charge >= 0.3 is 5.97 Å². The zero-order valence-corrected chi connectivity index (χ0v) is 15.9. The van der Waals surface area contributed by atoms with Gasteiger partial charge in [-0.3, -0.25) is 10.1 Å². The van der Waals surface area contributed by atoms with Crippen molar-refractivity contribution in [2.45, 2.75) is 38.7 Å². The Bertz CT molecular complexity index is 1020. The second-order valence-electron chi connectivity index (χ2n) is 6.56. The molecule has 1 unspecified atom stereocenters. The Morgan fingerprint density at radius 3 is 2.75 bits per heavy atom. The van der Waals surface area contributed by atoms with Crippen molar-refractivity contribution in [2.75, 3.05) is 0 Å². The van der Waals surface area contributed by atoms with Gasteiger partial charge in [-0.2, -0.15) is 0 Å². The van der Waals surface area contributed by atoms with Crippen molar-refractivity contribution in [1.82, 2.24) is 10.2 Å². The van der Waals surface area contributed by atoms with Gasteiger partial charge in [0.2, 0.25) is 5.89 Å². The minimum atomic E-state index is -0.703. The average molecular weight is 399 g/mol. The largest absolute Gasteiger partial charge is 0.449 e. The average Bonchev–Trinajstić information content (AvgIpc) is 3.35. The molecule has 0 fully saturated rings. The Morgan fingerprint density at radius 2 is 2.00 bits per heavy atom. The standard InChI is InChI=1S/C19H17N3O5S/c1-11(26-19(23)15-10-28-16-5-3-2-4-14(15)16)17-20-21-18(27-17)12-6-8-13(9-7-12)22(24)25/h6-11H,2-5H2,1H3. The number of benzene rings is 1. The van der Waals surface area contributed by atoms with Crippen LogP contribution in [0.25, 0.3) is 11.5 Å². The highest BCUT2D eigenvalue weighted by molar-refractivity contribution is 7.10. The van der Waals surface area contributed by atoms with Crippen LogP contribution in [-0.4, -0.2) is 21.1 Å². The second-order valence-corrected chi connectivity index (χ2v) is 7.52. The molecule has 0 N–H and O–H groups in total. The summed E-state index contributed by atoms with van der Waals surface area (Å²) in [6.45, 7) is 1.67. The number of hydrogen-bond acceptors (Lipinski definition) is 8. The van der Waals surface area contributed by atoms with Crippen molar-refractivity contribution in [2.24, 2.45) is 0 Å². The summed E-state index contributed by atoms with van der Waals surface area (Å²) in [5.41, 5.74) is 2.26. The van der Waals surface area contributed by atoms with E-state index in [0.717, 1.165) is 31.2 Å². The smallest absolute Gasteiger partial charge is 0.340 e. The van der Waals surface area contributed by atoms with E-state index in [4.69, 9.17) is 9.15 Å². The van der Waals surface area contributed by atoms with Crippen LogP contribution in [0.3, 0.4) is 0 Å². The molecule has 1 atom stereocenters. The van der Waals surface area contributed by atoms with E-state index in [1.807, 2.05) is 5.38 Å². The van der Waals surface area contributed by atoms with Gasteiger partial charge in [-0.25, -0.2) is 4.79 Å². The first kappa shape index (κ1) is 18.3.